The lowest BCUT2D eigenvalue weighted by Crippen LogP contribution is -1.91. The number of para-hydroxylation sites is 1. The van der Waals surface area contributed by atoms with Gasteiger partial charge in [0.25, 0.3) is 0 Å². The van der Waals surface area contributed by atoms with Crippen LogP contribution in [0.5, 0.6) is 11.5 Å². The first-order chi connectivity index (χ1) is 11.3. The highest BCUT2D eigenvalue weighted by Gasteiger charge is 1.97. The van der Waals surface area contributed by atoms with E-state index >= 15 is 0 Å². The van der Waals surface area contributed by atoms with Gasteiger partial charge in [-0.05, 0) is 48.9 Å². The summed E-state index contributed by atoms with van der Waals surface area (Å²) in [7, 11) is 0. The third-order valence-corrected chi connectivity index (χ3v) is 3.30. The SMILES string of the molecule is Cc1ccc(N/N=C\c2cccc(Oc3ccccc3)c2)cc1. The van der Waals surface area contributed by atoms with Crippen LogP contribution in [0, 0.1) is 6.92 Å². The Hall–Kier alpha value is -3.07. The van der Waals surface area contributed by atoms with E-state index in [-0.39, 0.29) is 0 Å². The summed E-state index contributed by atoms with van der Waals surface area (Å²) in [4.78, 5) is 0. The quantitative estimate of drug-likeness (QED) is 0.517. The summed E-state index contributed by atoms with van der Waals surface area (Å²) in [5.41, 5.74) is 6.18. The zero-order valence-corrected chi connectivity index (χ0v) is 12.9. The fourth-order valence-electron chi connectivity index (χ4n) is 2.09. The van der Waals surface area contributed by atoms with Gasteiger partial charge >= 0.3 is 0 Å². The monoisotopic (exact) mass is 302 g/mol. The molecule has 0 heterocycles. The van der Waals surface area contributed by atoms with Crippen LogP contribution < -0.4 is 10.2 Å². The summed E-state index contributed by atoms with van der Waals surface area (Å²) in [5.74, 6) is 1.61. The first-order valence-corrected chi connectivity index (χ1v) is 7.48. The molecule has 3 rings (SSSR count). The molecule has 0 spiro atoms. The van der Waals surface area contributed by atoms with Crippen molar-refractivity contribution in [2.75, 3.05) is 5.43 Å². The highest BCUT2D eigenvalue weighted by Crippen LogP contribution is 2.21. The van der Waals surface area contributed by atoms with E-state index in [4.69, 9.17) is 4.74 Å². The number of nitrogens with zero attached hydrogens (tertiary/aromatic N) is 1. The largest absolute Gasteiger partial charge is 0.457 e. The van der Waals surface area contributed by atoms with Crippen LogP contribution in [0.2, 0.25) is 0 Å². The second-order valence-corrected chi connectivity index (χ2v) is 5.22. The molecule has 0 aliphatic rings. The van der Waals surface area contributed by atoms with E-state index in [0.717, 1.165) is 22.7 Å². The number of rotatable bonds is 5. The molecular weight excluding hydrogens is 284 g/mol. The van der Waals surface area contributed by atoms with Crippen LogP contribution in [0.15, 0.2) is 84.0 Å². The Morgan fingerprint density at radius 2 is 1.57 bits per heavy atom. The molecule has 3 aromatic carbocycles. The molecule has 0 bridgehead atoms. The van der Waals surface area contributed by atoms with Gasteiger partial charge in [0.05, 0.1) is 11.9 Å². The van der Waals surface area contributed by atoms with Crippen LogP contribution in [-0.4, -0.2) is 6.21 Å². The molecule has 0 saturated carbocycles. The summed E-state index contributed by atoms with van der Waals surface area (Å²) in [5, 5.41) is 4.26. The molecule has 114 valence electrons. The maximum atomic E-state index is 5.81. The van der Waals surface area contributed by atoms with Crippen molar-refractivity contribution >= 4 is 11.9 Å². The van der Waals surface area contributed by atoms with Crippen LogP contribution in [0.1, 0.15) is 11.1 Å². The summed E-state index contributed by atoms with van der Waals surface area (Å²) in [6.07, 6.45) is 1.78. The van der Waals surface area contributed by atoms with Crippen LogP contribution in [0.3, 0.4) is 0 Å². The molecule has 0 atom stereocenters. The number of hydrogen-bond donors (Lipinski definition) is 1. The Balaban J connectivity index is 1.65. The lowest BCUT2D eigenvalue weighted by molar-refractivity contribution is 0.482. The summed E-state index contributed by atoms with van der Waals surface area (Å²) in [6, 6.07) is 25.6. The predicted molar refractivity (Wildman–Crippen MR) is 95.4 cm³/mol. The topological polar surface area (TPSA) is 33.6 Å². The Bertz CT molecular complexity index is 780. The lowest BCUT2D eigenvalue weighted by Gasteiger charge is -2.06. The Morgan fingerprint density at radius 3 is 2.35 bits per heavy atom. The molecule has 0 unspecified atom stereocenters. The van der Waals surface area contributed by atoms with Gasteiger partial charge in [-0.2, -0.15) is 5.10 Å². The third-order valence-electron chi connectivity index (χ3n) is 3.30. The van der Waals surface area contributed by atoms with E-state index in [1.54, 1.807) is 6.21 Å². The minimum atomic E-state index is 0.787. The Morgan fingerprint density at radius 1 is 0.826 bits per heavy atom. The highest BCUT2D eigenvalue weighted by molar-refractivity contribution is 5.80. The van der Waals surface area contributed by atoms with Crippen molar-refractivity contribution in [3.05, 3.63) is 90.0 Å². The average molecular weight is 302 g/mol. The van der Waals surface area contributed by atoms with E-state index in [0.29, 0.717) is 0 Å². The predicted octanol–water partition coefficient (Wildman–Crippen LogP) is 5.23. The van der Waals surface area contributed by atoms with Crippen molar-refractivity contribution in [3.8, 4) is 11.5 Å². The number of aryl methyl sites for hydroxylation is 1. The lowest BCUT2D eigenvalue weighted by atomic mass is 10.2. The zero-order valence-electron chi connectivity index (χ0n) is 12.9. The zero-order chi connectivity index (χ0) is 15.9. The molecular formula is C20H18N2O. The van der Waals surface area contributed by atoms with Crippen molar-refractivity contribution in [3.63, 3.8) is 0 Å². The molecule has 0 saturated heterocycles. The van der Waals surface area contributed by atoms with Crippen molar-refractivity contribution in [1.82, 2.24) is 0 Å². The van der Waals surface area contributed by atoms with Gasteiger partial charge in [-0.15, -0.1) is 0 Å². The number of hydrogen-bond acceptors (Lipinski definition) is 3. The van der Waals surface area contributed by atoms with E-state index in [9.17, 15) is 0 Å². The number of benzene rings is 3. The van der Waals surface area contributed by atoms with Gasteiger partial charge in [-0.25, -0.2) is 0 Å². The van der Waals surface area contributed by atoms with E-state index < -0.39 is 0 Å². The fourth-order valence-corrected chi connectivity index (χ4v) is 2.09. The van der Waals surface area contributed by atoms with Crippen molar-refractivity contribution in [2.24, 2.45) is 5.10 Å². The summed E-state index contributed by atoms with van der Waals surface area (Å²) < 4.78 is 5.81. The molecule has 3 aromatic rings. The van der Waals surface area contributed by atoms with Gasteiger partial charge in [0, 0.05) is 0 Å². The third kappa shape index (κ3) is 4.45. The fraction of sp³-hybridized carbons (Fsp3) is 0.0500. The van der Waals surface area contributed by atoms with E-state index in [1.807, 2.05) is 78.9 Å². The Labute approximate surface area is 136 Å². The first-order valence-electron chi connectivity index (χ1n) is 7.48. The molecule has 0 aromatic heterocycles. The summed E-state index contributed by atoms with van der Waals surface area (Å²) >= 11 is 0. The van der Waals surface area contributed by atoms with Crippen LogP contribution in [0.25, 0.3) is 0 Å². The van der Waals surface area contributed by atoms with Crippen molar-refractivity contribution in [2.45, 2.75) is 6.92 Å². The molecule has 0 fully saturated rings. The molecule has 0 aliphatic heterocycles. The van der Waals surface area contributed by atoms with Crippen LogP contribution >= 0.6 is 0 Å². The molecule has 3 heteroatoms. The molecule has 23 heavy (non-hydrogen) atoms. The average Bonchev–Trinajstić information content (AvgIpc) is 2.58. The van der Waals surface area contributed by atoms with E-state index in [1.165, 1.54) is 5.56 Å². The molecule has 0 radical (unpaired) electrons. The van der Waals surface area contributed by atoms with Gasteiger partial charge in [0.2, 0.25) is 0 Å². The second kappa shape index (κ2) is 7.27. The standard InChI is InChI=1S/C20H18N2O/c1-16-10-12-18(13-11-16)22-21-15-17-6-5-9-20(14-17)23-19-7-3-2-4-8-19/h2-15,22H,1H3/b21-15-. The van der Waals surface area contributed by atoms with E-state index in [2.05, 4.69) is 17.5 Å². The van der Waals surface area contributed by atoms with Gasteiger partial charge in [-0.3, -0.25) is 5.43 Å². The molecule has 1 N–H and O–H groups in total. The van der Waals surface area contributed by atoms with Crippen LogP contribution in [0.4, 0.5) is 5.69 Å². The highest BCUT2D eigenvalue weighted by atomic mass is 16.5. The smallest absolute Gasteiger partial charge is 0.128 e. The minimum Gasteiger partial charge on any atom is -0.457 e. The molecule has 0 aliphatic carbocycles. The number of nitrogens with one attached hydrogen (secondary N) is 1. The van der Waals surface area contributed by atoms with Gasteiger partial charge < -0.3 is 4.74 Å². The second-order valence-electron chi connectivity index (χ2n) is 5.22. The number of hydrazone groups is 1. The maximum absolute atomic E-state index is 5.81. The van der Waals surface area contributed by atoms with Crippen molar-refractivity contribution < 1.29 is 4.74 Å². The maximum Gasteiger partial charge on any atom is 0.128 e. The van der Waals surface area contributed by atoms with Gasteiger partial charge in [0.1, 0.15) is 11.5 Å². The molecule has 3 nitrogen and oxygen atoms in total. The normalized spacial score (nSPS) is 10.7. The van der Waals surface area contributed by atoms with Crippen molar-refractivity contribution in [1.29, 1.82) is 0 Å². The minimum absolute atomic E-state index is 0.787. The number of ether oxygens (including phenoxy) is 1. The molecule has 0 amide bonds. The summed E-state index contributed by atoms with van der Waals surface area (Å²) in [6.45, 7) is 2.06. The first kappa shape index (κ1) is 14.9. The number of anilines is 1. The Kier molecular flexibility index (Phi) is 4.69. The van der Waals surface area contributed by atoms with Gasteiger partial charge in [-0.1, -0.05) is 48.0 Å². The van der Waals surface area contributed by atoms with Crippen LogP contribution in [-0.2, 0) is 0 Å². The van der Waals surface area contributed by atoms with Gasteiger partial charge in [0.15, 0.2) is 0 Å².